The van der Waals surface area contributed by atoms with Gasteiger partial charge in [0.1, 0.15) is 11.6 Å². The molecule has 1 aromatic heterocycles. The molecule has 2 N–H and O–H groups in total. The number of methoxy groups -OCH3 is 1. The Kier molecular flexibility index (Phi) is 3.28. The maximum Gasteiger partial charge on any atom is 0.126 e. The lowest BCUT2D eigenvalue weighted by Crippen LogP contribution is -1.99. The highest BCUT2D eigenvalue weighted by molar-refractivity contribution is 5.44. The number of anilines is 1. The minimum absolute atomic E-state index is 0.600. The van der Waals surface area contributed by atoms with E-state index in [-0.39, 0.29) is 0 Å². The molecule has 0 spiro atoms. The number of ether oxygens (including phenoxy) is 1. The highest BCUT2D eigenvalue weighted by Crippen LogP contribution is 2.21. The first-order valence-corrected chi connectivity index (χ1v) is 5.53. The van der Waals surface area contributed by atoms with Crippen LogP contribution in [0.3, 0.4) is 0 Å². The summed E-state index contributed by atoms with van der Waals surface area (Å²) in [6.07, 6.45) is 2.51. The summed E-state index contributed by atoms with van der Waals surface area (Å²) < 4.78 is 5.19. The predicted octanol–water partition coefficient (Wildman–Crippen LogP) is 2.57. The summed E-state index contributed by atoms with van der Waals surface area (Å²) in [5, 5.41) is 0. The number of nitrogens with two attached hydrogens (primary N) is 1. The fraction of sp³-hybridized carbons (Fsp3) is 0.214. The molecule has 2 aromatic rings. The second-order valence-corrected chi connectivity index (χ2v) is 4.02. The number of hydrogen-bond donors (Lipinski definition) is 1. The summed E-state index contributed by atoms with van der Waals surface area (Å²) in [6.45, 7) is 2.07. The fourth-order valence-electron chi connectivity index (χ4n) is 1.80. The van der Waals surface area contributed by atoms with Crippen molar-refractivity contribution in [2.75, 3.05) is 12.8 Å². The minimum atomic E-state index is 0.600. The quantitative estimate of drug-likeness (QED) is 0.878. The molecule has 0 bridgehead atoms. The van der Waals surface area contributed by atoms with E-state index >= 15 is 0 Å². The van der Waals surface area contributed by atoms with Gasteiger partial charge in [-0.1, -0.05) is 12.1 Å². The number of nitrogens with zero attached hydrogens (tertiary/aromatic N) is 1. The molecule has 17 heavy (non-hydrogen) atoms. The minimum Gasteiger partial charge on any atom is -0.497 e. The number of aromatic nitrogens is 1. The Balaban J connectivity index is 2.28. The molecule has 0 amide bonds. The smallest absolute Gasteiger partial charge is 0.126 e. The third-order valence-corrected chi connectivity index (χ3v) is 2.86. The van der Waals surface area contributed by atoms with Crippen LogP contribution in [0.2, 0.25) is 0 Å². The lowest BCUT2D eigenvalue weighted by Gasteiger charge is -2.09. The topological polar surface area (TPSA) is 48.1 Å². The first kappa shape index (κ1) is 11.5. The molecule has 2 rings (SSSR count). The van der Waals surface area contributed by atoms with Crippen molar-refractivity contribution in [1.29, 1.82) is 0 Å². The van der Waals surface area contributed by atoms with Gasteiger partial charge in [0, 0.05) is 12.6 Å². The van der Waals surface area contributed by atoms with Crippen LogP contribution in [0, 0.1) is 6.92 Å². The maximum atomic E-state index is 5.84. The second kappa shape index (κ2) is 4.87. The first-order chi connectivity index (χ1) is 8.20. The summed E-state index contributed by atoms with van der Waals surface area (Å²) in [4.78, 5) is 4.09. The lowest BCUT2D eigenvalue weighted by molar-refractivity contribution is 0.414. The zero-order valence-corrected chi connectivity index (χ0v) is 10.1. The fourth-order valence-corrected chi connectivity index (χ4v) is 1.80. The average Bonchev–Trinajstić information content (AvgIpc) is 2.34. The number of benzene rings is 1. The van der Waals surface area contributed by atoms with Crippen LogP contribution in [-0.4, -0.2) is 12.1 Å². The summed E-state index contributed by atoms with van der Waals surface area (Å²) in [6, 6.07) is 9.98. The first-order valence-electron chi connectivity index (χ1n) is 5.53. The van der Waals surface area contributed by atoms with E-state index in [1.807, 2.05) is 24.3 Å². The largest absolute Gasteiger partial charge is 0.497 e. The zero-order chi connectivity index (χ0) is 12.3. The molecule has 88 valence electrons. The van der Waals surface area contributed by atoms with Crippen LogP contribution in [0.4, 0.5) is 5.82 Å². The van der Waals surface area contributed by atoms with Gasteiger partial charge in [-0.2, -0.15) is 0 Å². The van der Waals surface area contributed by atoms with Crippen LogP contribution in [0.25, 0.3) is 0 Å². The third kappa shape index (κ3) is 2.56. The molecular formula is C14H16N2O. The summed E-state index contributed by atoms with van der Waals surface area (Å²) >= 11 is 0. The third-order valence-electron chi connectivity index (χ3n) is 2.86. The molecule has 0 aliphatic carbocycles. The molecule has 0 unspecified atom stereocenters. The van der Waals surface area contributed by atoms with E-state index in [2.05, 4.69) is 18.0 Å². The monoisotopic (exact) mass is 228 g/mol. The Hall–Kier alpha value is -2.03. The van der Waals surface area contributed by atoms with Crippen LogP contribution < -0.4 is 10.5 Å². The van der Waals surface area contributed by atoms with Crippen molar-refractivity contribution in [3.8, 4) is 5.75 Å². The van der Waals surface area contributed by atoms with E-state index in [4.69, 9.17) is 10.5 Å². The van der Waals surface area contributed by atoms with Crippen molar-refractivity contribution in [1.82, 2.24) is 4.98 Å². The van der Waals surface area contributed by atoms with Crippen LogP contribution in [0.5, 0.6) is 5.75 Å². The molecule has 0 atom stereocenters. The van der Waals surface area contributed by atoms with Crippen LogP contribution >= 0.6 is 0 Å². The molecule has 1 heterocycles. The highest BCUT2D eigenvalue weighted by Gasteiger charge is 2.04. The normalized spacial score (nSPS) is 10.2. The van der Waals surface area contributed by atoms with Gasteiger partial charge in [0.2, 0.25) is 0 Å². The second-order valence-electron chi connectivity index (χ2n) is 4.02. The number of pyridine rings is 1. The Labute approximate surface area is 101 Å². The van der Waals surface area contributed by atoms with Gasteiger partial charge in [-0.05, 0) is 41.8 Å². The van der Waals surface area contributed by atoms with E-state index < -0.39 is 0 Å². The number of rotatable bonds is 3. The van der Waals surface area contributed by atoms with E-state index in [0.717, 1.165) is 17.7 Å². The molecule has 0 saturated heterocycles. The Morgan fingerprint density at radius 1 is 1.24 bits per heavy atom. The van der Waals surface area contributed by atoms with Crippen molar-refractivity contribution >= 4 is 5.82 Å². The van der Waals surface area contributed by atoms with Crippen molar-refractivity contribution in [3.05, 3.63) is 53.2 Å². The molecule has 0 aliphatic rings. The highest BCUT2D eigenvalue weighted by atomic mass is 16.5. The Bertz CT molecular complexity index is 523. The predicted molar refractivity (Wildman–Crippen MR) is 69.2 cm³/mol. The van der Waals surface area contributed by atoms with Gasteiger partial charge < -0.3 is 10.5 Å². The molecule has 0 radical (unpaired) electrons. The number of nitrogen functional groups attached to an aromatic ring is 1. The van der Waals surface area contributed by atoms with Gasteiger partial charge in [0.25, 0.3) is 0 Å². The SMILES string of the molecule is COc1ccc(Cc2cccnc2N)c(C)c1. The van der Waals surface area contributed by atoms with Gasteiger partial charge in [-0.15, -0.1) is 0 Å². The molecule has 1 aromatic carbocycles. The van der Waals surface area contributed by atoms with Gasteiger partial charge in [-0.3, -0.25) is 0 Å². The van der Waals surface area contributed by atoms with Crippen molar-refractivity contribution in [2.45, 2.75) is 13.3 Å². The standard InChI is InChI=1S/C14H16N2O/c1-10-8-13(17-2)6-5-11(10)9-12-4-3-7-16-14(12)15/h3-8H,9H2,1-2H3,(H2,15,16). The van der Waals surface area contributed by atoms with E-state index in [1.165, 1.54) is 11.1 Å². The molecule has 3 nitrogen and oxygen atoms in total. The van der Waals surface area contributed by atoms with Crippen molar-refractivity contribution < 1.29 is 4.74 Å². The maximum absolute atomic E-state index is 5.84. The van der Waals surface area contributed by atoms with Crippen LogP contribution in [0.1, 0.15) is 16.7 Å². The van der Waals surface area contributed by atoms with E-state index in [0.29, 0.717) is 5.82 Å². The molecule has 0 aliphatic heterocycles. The van der Waals surface area contributed by atoms with Crippen molar-refractivity contribution in [3.63, 3.8) is 0 Å². The summed E-state index contributed by atoms with van der Waals surface area (Å²) in [7, 11) is 1.67. The van der Waals surface area contributed by atoms with Gasteiger partial charge >= 0.3 is 0 Å². The van der Waals surface area contributed by atoms with Gasteiger partial charge in [0.05, 0.1) is 7.11 Å². The van der Waals surface area contributed by atoms with Gasteiger partial charge in [-0.25, -0.2) is 4.98 Å². The van der Waals surface area contributed by atoms with Gasteiger partial charge in [0.15, 0.2) is 0 Å². The van der Waals surface area contributed by atoms with E-state index in [1.54, 1.807) is 13.3 Å². The Morgan fingerprint density at radius 2 is 2.06 bits per heavy atom. The van der Waals surface area contributed by atoms with Crippen LogP contribution in [-0.2, 0) is 6.42 Å². The van der Waals surface area contributed by atoms with Crippen molar-refractivity contribution in [2.24, 2.45) is 0 Å². The molecule has 0 fully saturated rings. The molecular weight excluding hydrogens is 212 g/mol. The zero-order valence-electron chi connectivity index (χ0n) is 10.1. The number of aryl methyl sites for hydroxylation is 1. The molecule has 0 saturated carbocycles. The van der Waals surface area contributed by atoms with Crippen LogP contribution in [0.15, 0.2) is 36.5 Å². The van der Waals surface area contributed by atoms with E-state index in [9.17, 15) is 0 Å². The molecule has 3 heteroatoms. The Morgan fingerprint density at radius 3 is 2.71 bits per heavy atom. The lowest BCUT2D eigenvalue weighted by atomic mass is 10.0. The summed E-state index contributed by atoms with van der Waals surface area (Å²) in [5.41, 5.74) is 9.34. The average molecular weight is 228 g/mol. The number of hydrogen-bond acceptors (Lipinski definition) is 3. The summed E-state index contributed by atoms with van der Waals surface area (Å²) in [5.74, 6) is 1.48.